The smallest absolute Gasteiger partial charge is 0.137 e. The average Bonchev–Trinajstić information content (AvgIpc) is 2.01. The number of benzene rings is 1. The molecule has 1 fully saturated rings. The van der Waals surface area contributed by atoms with Crippen LogP contribution in [0.25, 0.3) is 0 Å². The fourth-order valence-corrected chi connectivity index (χ4v) is 2.18. The molecular weight excluding hydrogens is 267 g/mol. The molecule has 3 heteroatoms. The second-order valence-electron chi connectivity index (χ2n) is 3.00. The van der Waals surface area contributed by atoms with Gasteiger partial charge in [-0.05, 0) is 28.7 Å². The first-order valence-corrected chi connectivity index (χ1v) is 4.85. The summed E-state index contributed by atoms with van der Waals surface area (Å²) in [4.78, 5) is 0. The van der Waals surface area contributed by atoms with E-state index in [0.717, 1.165) is 9.13 Å². The molecule has 0 aromatic heterocycles. The zero-order valence-corrected chi connectivity index (χ0v) is 8.61. The summed E-state index contributed by atoms with van der Waals surface area (Å²) in [5, 5.41) is 9.93. The third-order valence-electron chi connectivity index (χ3n) is 2.06. The Labute approximate surface area is 84.7 Å². The lowest BCUT2D eigenvalue weighted by Gasteiger charge is -2.37. The lowest BCUT2D eigenvalue weighted by Crippen LogP contribution is -2.47. The van der Waals surface area contributed by atoms with Gasteiger partial charge in [0, 0.05) is 9.13 Å². The summed E-state index contributed by atoms with van der Waals surface area (Å²) in [7, 11) is 0. The van der Waals surface area contributed by atoms with Crippen molar-refractivity contribution < 1.29 is 9.84 Å². The van der Waals surface area contributed by atoms with Gasteiger partial charge in [-0.3, -0.25) is 0 Å². The van der Waals surface area contributed by atoms with Gasteiger partial charge in [0.25, 0.3) is 0 Å². The van der Waals surface area contributed by atoms with Crippen molar-refractivity contribution in [1.29, 1.82) is 0 Å². The lowest BCUT2D eigenvalue weighted by molar-refractivity contribution is -0.185. The molecule has 1 aliphatic rings. The molecule has 2 nitrogen and oxygen atoms in total. The number of halogens is 1. The van der Waals surface area contributed by atoms with Gasteiger partial charge >= 0.3 is 0 Å². The van der Waals surface area contributed by atoms with E-state index in [-0.39, 0.29) is 0 Å². The first-order valence-electron chi connectivity index (χ1n) is 3.77. The molecule has 0 aliphatic carbocycles. The minimum absolute atomic E-state index is 0.424. The Morgan fingerprint density at radius 2 is 2.00 bits per heavy atom. The molecule has 0 amide bonds. The number of hydrogen-bond donors (Lipinski definition) is 1. The lowest BCUT2D eigenvalue weighted by atomic mass is 9.92. The maximum Gasteiger partial charge on any atom is 0.137 e. The molecule has 0 radical (unpaired) electrons. The summed E-state index contributed by atoms with van der Waals surface area (Å²) in [6, 6.07) is 7.85. The van der Waals surface area contributed by atoms with Gasteiger partial charge in [-0.25, -0.2) is 0 Å². The molecule has 2 rings (SSSR count). The first-order chi connectivity index (χ1) is 5.72. The SMILES string of the molecule is OC1(c2ccccc2I)COC1. The van der Waals surface area contributed by atoms with Crippen LogP contribution in [-0.4, -0.2) is 18.3 Å². The fraction of sp³-hybridized carbons (Fsp3) is 0.333. The first kappa shape index (κ1) is 8.47. The van der Waals surface area contributed by atoms with E-state index >= 15 is 0 Å². The largest absolute Gasteiger partial charge is 0.380 e. The highest BCUT2D eigenvalue weighted by molar-refractivity contribution is 14.1. The van der Waals surface area contributed by atoms with Crippen LogP contribution in [0.15, 0.2) is 24.3 Å². The van der Waals surface area contributed by atoms with Crippen LogP contribution in [0.2, 0.25) is 0 Å². The van der Waals surface area contributed by atoms with Crippen LogP contribution in [0, 0.1) is 3.57 Å². The molecule has 0 saturated carbocycles. The van der Waals surface area contributed by atoms with E-state index in [1.807, 2.05) is 24.3 Å². The van der Waals surface area contributed by atoms with Crippen LogP contribution in [-0.2, 0) is 10.3 Å². The van der Waals surface area contributed by atoms with Gasteiger partial charge in [0.05, 0.1) is 13.2 Å². The second kappa shape index (κ2) is 2.97. The number of ether oxygens (including phenoxy) is 1. The Hall–Kier alpha value is -0.130. The molecule has 12 heavy (non-hydrogen) atoms. The third-order valence-corrected chi connectivity index (χ3v) is 3.00. The van der Waals surface area contributed by atoms with Gasteiger partial charge in [0.1, 0.15) is 5.60 Å². The highest BCUT2D eigenvalue weighted by Gasteiger charge is 2.39. The van der Waals surface area contributed by atoms with Crippen molar-refractivity contribution in [3.8, 4) is 0 Å². The average molecular weight is 276 g/mol. The summed E-state index contributed by atoms with van der Waals surface area (Å²) in [5.41, 5.74) is 0.259. The summed E-state index contributed by atoms with van der Waals surface area (Å²) in [6.07, 6.45) is 0. The van der Waals surface area contributed by atoms with Crippen molar-refractivity contribution in [1.82, 2.24) is 0 Å². The zero-order chi connectivity index (χ0) is 8.60. The van der Waals surface area contributed by atoms with Crippen molar-refractivity contribution in [2.45, 2.75) is 5.60 Å². The predicted molar refractivity (Wildman–Crippen MR) is 53.9 cm³/mol. The zero-order valence-electron chi connectivity index (χ0n) is 6.46. The van der Waals surface area contributed by atoms with Crippen LogP contribution in [0.3, 0.4) is 0 Å². The van der Waals surface area contributed by atoms with E-state index < -0.39 is 5.60 Å². The molecule has 1 saturated heterocycles. The van der Waals surface area contributed by atoms with Crippen molar-refractivity contribution in [3.63, 3.8) is 0 Å². The summed E-state index contributed by atoms with van der Waals surface area (Å²) in [5.74, 6) is 0. The van der Waals surface area contributed by atoms with Crippen LogP contribution >= 0.6 is 22.6 Å². The van der Waals surface area contributed by atoms with Gasteiger partial charge in [0.15, 0.2) is 0 Å². The fourth-order valence-electron chi connectivity index (χ4n) is 1.29. The molecule has 1 aromatic carbocycles. The van der Waals surface area contributed by atoms with Crippen LogP contribution in [0.4, 0.5) is 0 Å². The maximum absolute atomic E-state index is 9.93. The monoisotopic (exact) mass is 276 g/mol. The molecule has 1 N–H and O–H groups in total. The van der Waals surface area contributed by atoms with E-state index in [0.29, 0.717) is 13.2 Å². The Kier molecular flexibility index (Phi) is 2.10. The van der Waals surface area contributed by atoms with Gasteiger partial charge in [-0.15, -0.1) is 0 Å². The van der Waals surface area contributed by atoms with Crippen molar-refractivity contribution in [2.75, 3.05) is 13.2 Å². The third kappa shape index (κ3) is 1.26. The van der Waals surface area contributed by atoms with Gasteiger partial charge < -0.3 is 9.84 Å². The van der Waals surface area contributed by atoms with Crippen molar-refractivity contribution >= 4 is 22.6 Å². The summed E-state index contributed by atoms with van der Waals surface area (Å²) >= 11 is 2.23. The molecule has 1 aromatic rings. The minimum atomic E-state index is -0.724. The molecule has 0 spiro atoms. The normalized spacial score (nSPS) is 20.2. The molecule has 1 heterocycles. The Morgan fingerprint density at radius 1 is 1.33 bits per heavy atom. The van der Waals surface area contributed by atoms with Gasteiger partial charge in [0.2, 0.25) is 0 Å². The second-order valence-corrected chi connectivity index (χ2v) is 4.17. The van der Waals surface area contributed by atoms with Crippen LogP contribution < -0.4 is 0 Å². The van der Waals surface area contributed by atoms with Gasteiger partial charge in [-0.2, -0.15) is 0 Å². The van der Waals surface area contributed by atoms with E-state index in [9.17, 15) is 5.11 Å². The molecule has 0 bridgehead atoms. The van der Waals surface area contributed by atoms with E-state index in [1.54, 1.807) is 0 Å². The molecule has 64 valence electrons. The quantitative estimate of drug-likeness (QED) is 0.788. The molecule has 0 atom stereocenters. The Morgan fingerprint density at radius 3 is 2.50 bits per heavy atom. The van der Waals surface area contributed by atoms with Crippen molar-refractivity contribution in [2.24, 2.45) is 0 Å². The van der Waals surface area contributed by atoms with E-state index in [1.165, 1.54) is 0 Å². The number of rotatable bonds is 1. The maximum atomic E-state index is 9.93. The van der Waals surface area contributed by atoms with Crippen molar-refractivity contribution in [3.05, 3.63) is 33.4 Å². The van der Waals surface area contributed by atoms with E-state index in [4.69, 9.17) is 4.74 Å². The molecule has 0 unspecified atom stereocenters. The summed E-state index contributed by atoms with van der Waals surface area (Å²) < 4.78 is 6.09. The number of aliphatic hydroxyl groups is 1. The summed E-state index contributed by atoms with van der Waals surface area (Å²) in [6.45, 7) is 0.847. The Bertz CT molecular complexity index is 294. The molecular formula is C9H9IO2. The van der Waals surface area contributed by atoms with Crippen LogP contribution in [0.5, 0.6) is 0 Å². The van der Waals surface area contributed by atoms with Crippen LogP contribution in [0.1, 0.15) is 5.56 Å². The Balaban J connectivity index is 2.39. The van der Waals surface area contributed by atoms with Gasteiger partial charge in [-0.1, -0.05) is 18.2 Å². The predicted octanol–water partition coefficient (Wildman–Crippen LogP) is 1.51. The standard InChI is InChI=1S/C9H9IO2/c10-8-4-2-1-3-7(8)9(11)5-12-6-9/h1-4,11H,5-6H2. The topological polar surface area (TPSA) is 29.5 Å². The highest BCUT2D eigenvalue weighted by atomic mass is 127. The number of hydrogen-bond acceptors (Lipinski definition) is 2. The highest BCUT2D eigenvalue weighted by Crippen LogP contribution is 2.31. The minimum Gasteiger partial charge on any atom is -0.380 e. The van der Waals surface area contributed by atoms with E-state index in [2.05, 4.69) is 22.6 Å². The molecule has 1 aliphatic heterocycles.